The molecule has 2 amide bonds. The van der Waals surface area contributed by atoms with Crippen molar-refractivity contribution in [2.45, 2.75) is 37.7 Å². The second kappa shape index (κ2) is 6.39. The van der Waals surface area contributed by atoms with Gasteiger partial charge in [0.05, 0.1) is 17.0 Å². The SMILES string of the molecule is CC1(C)SCC(C(=O)N2Cc3cnc(-c4ccccc4)nc3C2)NC1=O. The summed E-state index contributed by atoms with van der Waals surface area (Å²) in [5.74, 6) is 1.11. The van der Waals surface area contributed by atoms with Crippen molar-refractivity contribution >= 4 is 23.6 Å². The van der Waals surface area contributed by atoms with Gasteiger partial charge in [-0.25, -0.2) is 9.97 Å². The van der Waals surface area contributed by atoms with E-state index in [1.165, 1.54) is 11.8 Å². The highest BCUT2D eigenvalue weighted by atomic mass is 32.2. The Balaban J connectivity index is 1.49. The van der Waals surface area contributed by atoms with Gasteiger partial charge in [-0.3, -0.25) is 9.59 Å². The van der Waals surface area contributed by atoms with Crippen LogP contribution in [0.25, 0.3) is 11.4 Å². The molecule has 4 rings (SSSR count). The van der Waals surface area contributed by atoms with Crippen LogP contribution in [-0.4, -0.2) is 43.2 Å². The Morgan fingerprint density at radius 1 is 1.27 bits per heavy atom. The summed E-state index contributed by atoms with van der Waals surface area (Å²) in [5.41, 5.74) is 2.80. The third-order valence-corrected chi connectivity index (χ3v) is 6.17. The van der Waals surface area contributed by atoms with E-state index in [1.54, 1.807) is 11.1 Å². The van der Waals surface area contributed by atoms with Gasteiger partial charge in [0, 0.05) is 29.6 Å². The first-order chi connectivity index (χ1) is 12.4. The van der Waals surface area contributed by atoms with E-state index in [9.17, 15) is 9.59 Å². The van der Waals surface area contributed by atoms with Crippen LogP contribution >= 0.6 is 11.8 Å². The average molecular weight is 368 g/mol. The highest BCUT2D eigenvalue weighted by molar-refractivity contribution is 8.01. The lowest BCUT2D eigenvalue weighted by molar-refractivity contribution is -0.137. The molecule has 1 atom stereocenters. The van der Waals surface area contributed by atoms with Crippen LogP contribution in [0.5, 0.6) is 0 Å². The Kier molecular flexibility index (Phi) is 4.19. The summed E-state index contributed by atoms with van der Waals surface area (Å²) in [4.78, 5) is 35.8. The molecule has 26 heavy (non-hydrogen) atoms. The molecular weight excluding hydrogens is 348 g/mol. The van der Waals surface area contributed by atoms with Crippen molar-refractivity contribution in [3.63, 3.8) is 0 Å². The quantitative estimate of drug-likeness (QED) is 0.877. The number of benzene rings is 1. The summed E-state index contributed by atoms with van der Waals surface area (Å²) in [5, 5.41) is 2.86. The molecule has 1 N–H and O–H groups in total. The number of nitrogens with zero attached hydrogens (tertiary/aromatic N) is 3. The standard InChI is InChI=1S/C19H20N4O2S/c1-19(2)18(25)22-15(11-26-19)17(24)23-9-13-8-20-16(21-14(13)10-23)12-6-4-3-5-7-12/h3-8,15H,9-11H2,1-2H3,(H,22,25). The molecule has 1 unspecified atom stereocenters. The van der Waals surface area contributed by atoms with E-state index in [4.69, 9.17) is 0 Å². The molecule has 0 saturated carbocycles. The van der Waals surface area contributed by atoms with Gasteiger partial charge < -0.3 is 10.2 Å². The number of fused-ring (bicyclic) bond motifs is 1. The van der Waals surface area contributed by atoms with Gasteiger partial charge >= 0.3 is 0 Å². The Labute approximate surface area is 156 Å². The summed E-state index contributed by atoms with van der Waals surface area (Å²) in [6.45, 7) is 4.70. The van der Waals surface area contributed by atoms with E-state index in [0.717, 1.165) is 16.8 Å². The number of rotatable bonds is 2. The zero-order chi connectivity index (χ0) is 18.3. The normalized spacial score (nSPS) is 21.2. The summed E-state index contributed by atoms with van der Waals surface area (Å²) >= 11 is 1.52. The van der Waals surface area contributed by atoms with E-state index in [0.29, 0.717) is 24.7 Å². The number of aromatic nitrogens is 2. The summed E-state index contributed by atoms with van der Waals surface area (Å²) < 4.78 is -0.485. The molecule has 134 valence electrons. The summed E-state index contributed by atoms with van der Waals surface area (Å²) in [6, 6.07) is 9.32. The predicted octanol–water partition coefficient (Wildman–Crippen LogP) is 2.00. The van der Waals surface area contributed by atoms with Crippen molar-refractivity contribution < 1.29 is 9.59 Å². The van der Waals surface area contributed by atoms with Crippen molar-refractivity contribution in [1.82, 2.24) is 20.2 Å². The highest BCUT2D eigenvalue weighted by Gasteiger charge is 2.40. The fraction of sp³-hybridized carbons (Fsp3) is 0.368. The van der Waals surface area contributed by atoms with Gasteiger partial charge in [-0.2, -0.15) is 0 Å². The molecule has 2 aliphatic rings. The van der Waals surface area contributed by atoms with Crippen molar-refractivity contribution in [1.29, 1.82) is 0 Å². The molecule has 1 fully saturated rings. The van der Waals surface area contributed by atoms with Crippen molar-refractivity contribution in [2.24, 2.45) is 0 Å². The topological polar surface area (TPSA) is 75.2 Å². The number of nitrogens with one attached hydrogen (secondary N) is 1. The van der Waals surface area contributed by atoms with E-state index in [2.05, 4.69) is 15.3 Å². The minimum Gasteiger partial charge on any atom is -0.342 e. The molecule has 1 aromatic heterocycles. The molecule has 2 aromatic rings. The van der Waals surface area contributed by atoms with E-state index in [-0.39, 0.29) is 11.8 Å². The van der Waals surface area contributed by atoms with Crippen molar-refractivity contribution in [3.05, 3.63) is 47.8 Å². The van der Waals surface area contributed by atoms with Crippen molar-refractivity contribution in [2.75, 3.05) is 5.75 Å². The Bertz CT molecular complexity index is 869. The van der Waals surface area contributed by atoms with Crippen LogP contribution < -0.4 is 5.32 Å². The van der Waals surface area contributed by atoms with Crippen LogP contribution in [0.15, 0.2) is 36.5 Å². The molecule has 1 aromatic carbocycles. The summed E-state index contributed by atoms with van der Waals surface area (Å²) in [7, 11) is 0. The number of carbonyl (C=O) groups excluding carboxylic acids is 2. The molecule has 0 aliphatic carbocycles. The molecule has 3 heterocycles. The van der Waals surface area contributed by atoms with E-state index >= 15 is 0 Å². The van der Waals surface area contributed by atoms with Gasteiger partial charge in [0.15, 0.2) is 5.82 Å². The van der Waals surface area contributed by atoms with Crippen LogP contribution in [0, 0.1) is 0 Å². The van der Waals surface area contributed by atoms with E-state index < -0.39 is 10.8 Å². The van der Waals surface area contributed by atoms with E-state index in [1.807, 2.05) is 44.2 Å². The van der Waals surface area contributed by atoms with Crippen LogP contribution in [0.4, 0.5) is 0 Å². The van der Waals surface area contributed by atoms with Gasteiger partial charge in [0.1, 0.15) is 6.04 Å². The van der Waals surface area contributed by atoms with Gasteiger partial charge in [-0.05, 0) is 13.8 Å². The van der Waals surface area contributed by atoms with Crippen LogP contribution in [-0.2, 0) is 22.7 Å². The lowest BCUT2D eigenvalue weighted by atomic mass is 10.1. The summed E-state index contributed by atoms with van der Waals surface area (Å²) in [6.07, 6.45) is 1.80. The van der Waals surface area contributed by atoms with Crippen LogP contribution in [0.1, 0.15) is 25.1 Å². The van der Waals surface area contributed by atoms with Crippen LogP contribution in [0.2, 0.25) is 0 Å². The maximum Gasteiger partial charge on any atom is 0.246 e. The first kappa shape index (κ1) is 17.0. The maximum atomic E-state index is 12.8. The number of hydrogen-bond acceptors (Lipinski definition) is 5. The minimum atomic E-state index is -0.485. The fourth-order valence-electron chi connectivity index (χ4n) is 3.12. The number of amides is 2. The Morgan fingerprint density at radius 2 is 2.04 bits per heavy atom. The molecule has 7 heteroatoms. The Morgan fingerprint density at radius 3 is 2.77 bits per heavy atom. The lowest BCUT2D eigenvalue weighted by Crippen LogP contribution is -2.57. The second-order valence-corrected chi connectivity index (χ2v) is 8.72. The zero-order valence-corrected chi connectivity index (χ0v) is 15.5. The second-order valence-electron chi connectivity index (χ2n) is 7.07. The maximum absolute atomic E-state index is 12.8. The van der Waals surface area contributed by atoms with Crippen molar-refractivity contribution in [3.8, 4) is 11.4 Å². The third kappa shape index (κ3) is 3.07. The third-order valence-electron chi connectivity index (χ3n) is 4.76. The molecule has 6 nitrogen and oxygen atoms in total. The molecule has 0 spiro atoms. The van der Waals surface area contributed by atoms with Crippen LogP contribution in [0.3, 0.4) is 0 Å². The smallest absolute Gasteiger partial charge is 0.246 e. The van der Waals surface area contributed by atoms with Gasteiger partial charge in [-0.1, -0.05) is 30.3 Å². The highest BCUT2D eigenvalue weighted by Crippen LogP contribution is 2.31. The molecular formula is C19H20N4O2S. The average Bonchev–Trinajstić information content (AvgIpc) is 3.07. The number of hydrogen-bond donors (Lipinski definition) is 1. The predicted molar refractivity (Wildman–Crippen MR) is 100 cm³/mol. The minimum absolute atomic E-state index is 0.0550. The van der Waals surface area contributed by atoms with Gasteiger partial charge in [0.2, 0.25) is 11.8 Å². The molecule has 2 aliphatic heterocycles. The fourth-order valence-corrected chi connectivity index (χ4v) is 4.12. The first-order valence-corrected chi connectivity index (χ1v) is 9.56. The van der Waals surface area contributed by atoms with Gasteiger partial charge in [-0.15, -0.1) is 11.8 Å². The number of carbonyl (C=O) groups is 2. The molecule has 0 radical (unpaired) electrons. The largest absolute Gasteiger partial charge is 0.342 e. The molecule has 0 bridgehead atoms. The zero-order valence-electron chi connectivity index (χ0n) is 14.7. The van der Waals surface area contributed by atoms with Gasteiger partial charge in [0.25, 0.3) is 0 Å². The molecule has 1 saturated heterocycles. The number of thioether (sulfide) groups is 1. The first-order valence-electron chi connectivity index (χ1n) is 8.58. The Hall–Kier alpha value is -2.41. The monoisotopic (exact) mass is 368 g/mol. The lowest BCUT2D eigenvalue weighted by Gasteiger charge is -2.34.